The first-order valence-electron chi connectivity index (χ1n) is 12.0. The molecule has 1 amide bonds. The fourth-order valence-corrected chi connectivity index (χ4v) is 5.98. The number of amides is 1. The number of fused-ring (bicyclic) bond motifs is 1. The summed E-state index contributed by atoms with van der Waals surface area (Å²) in [5.74, 6) is -0.906. The number of para-hydroxylation sites is 1. The van der Waals surface area contributed by atoms with Crippen LogP contribution in [0.1, 0.15) is 33.2 Å². The third kappa shape index (κ3) is 5.38. The summed E-state index contributed by atoms with van der Waals surface area (Å²) in [5.41, 5.74) is 4.65. The van der Waals surface area contributed by atoms with E-state index in [1.807, 2.05) is 48.7 Å². The Bertz CT molecular complexity index is 1730. The van der Waals surface area contributed by atoms with Crippen LogP contribution in [0.15, 0.2) is 72.1 Å². The van der Waals surface area contributed by atoms with E-state index in [2.05, 4.69) is 5.32 Å². The van der Waals surface area contributed by atoms with Crippen LogP contribution in [0, 0.1) is 6.92 Å². The monoisotopic (exact) mass is 594 g/mol. The third-order valence-electron chi connectivity index (χ3n) is 6.20. The smallest absolute Gasteiger partial charge is 0.341 e. The maximum atomic E-state index is 13.9. The maximum Gasteiger partial charge on any atom is 0.341 e. The zero-order chi connectivity index (χ0) is 27.7. The molecule has 3 aromatic carbocycles. The molecule has 2 heterocycles. The number of carbonyl (C=O) groups is 2. The van der Waals surface area contributed by atoms with Gasteiger partial charge in [-0.1, -0.05) is 65.1 Å². The lowest BCUT2D eigenvalue weighted by Gasteiger charge is -2.16. The van der Waals surface area contributed by atoms with Gasteiger partial charge in [-0.05, 0) is 61.4 Å². The van der Waals surface area contributed by atoms with Gasteiger partial charge in [-0.15, -0.1) is 11.3 Å². The molecule has 2 aromatic heterocycles. The molecule has 0 aliphatic carbocycles. The van der Waals surface area contributed by atoms with Crippen LogP contribution in [-0.4, -0.2) is 23.5 Å². The molecule has 9 heteroatoms. The number of benzene rings is 3. The molecule has 0 bridgehead atoms. The van der Waals surface area contributed by atoms with Crippen LogP contribution < -0.4 is 5.32 Å². The second-order valence-electron chi connectivity index (χ2n) is 8.64. The Kier molecular flexibility index (Phi) is 7.91. The average Bonchev–Trinajstić information content (AvgIpc) is 3.32. The Morgan fingerprint density at radius 2 is 1.64 bits per heavy atom. The van der Waals surface area contributed by atoms with Crippen molar-refractivity contribution in [2.24, 2.45) is 0 Å². The summed E-state index contributed by atoms with van der Waals surface area (Å²) >= 11 is 20.0. The molecule has 39 heavy (non-hydrogen) atoms. The van der Waals surface area contributed by atoms with E-state index in [1.54, 1.807) is 37.3 Å². The van der Waals surface area contributed by atoms with Gasteiger partial charge >= 0.3 is 5.97 Å². The van der Waals surface area contributed by atoms with Crippen molar-refractivity contribution in [2.75, 3.05) is 11.9 Å². The highest BCUT2D eigenvalue weighted by molar-refractivity contribution is 7.15. The van der Waals surface area contributed by atoms with Gasteiger partial charge in [0.1, 0.15) is 10.6 Å². The van der Waals surface area contributed by atoms with Crippen molar-refractivity contribution in [2.45, 2.75) is 13.8 Å². The summed E-state index contributed by atoms with van der Waals surface area (Å²) in [6, 6.07) is 19.7. The van der Waals surface area contributed by atoms with E-state index < -0.39 is 5.97 Å². The maximum absolute atomic E-state index is 13.9. The molecule has 5 nitrogen and oxygen atoms in total. The number of aromatic nitrogens is 1. The van der Waals surface area contributed by atoms with Gasteiger partial charge in [0.05, 0.1) is 28.4 Å². The number of carbonyl (C=O) groups excluding carboxylic acids is 2. The van der Waals surface area contributed by atoms with E-state index in [0.717, 1.165) is 5.56 Å². The van der Waals surface area contributed by atoms with Crippen LogP contribution in [0.5, 0.6) is 0 Å². The van der Waals surface area contributed by atoms with Crippen molar-refractivity contribution in [1.82, 2.24) is 4.98 Å². The molecule has 0 radical (unpaired) electrons. The van der Waals surface area contributed by atoms with Crippen molar-refractivity contribution in [3.8, 4) is 22.4 Å². The molecule has 0 aliphatic heterocycles. The van der Waals surface area contributed by atoms with Crippen LogP contribution in [0.3, 0.4) is 0 Å². The summed E-state index contributed by atoms with van der Waals surface area (Å²) in [5, 5.41) is 7.36. The van der Waals surface area contributed by atoms with Gasteiger partial charge in [0.15, 0.2) is 0 Å². The van der Waals surface area contributed by atoms with Crippen LogP contribution in [0.25, 0.3) is 33.3 Å². The number of ether oxygens (including phenoxy) is 1. The first-order valence-corrected chi connectivity index (χ1v) is 14.0. The van der Waals surface area contributed by atoms with Crippen LogP contribution in [-0.2, 0) is 4.74 Å². The molecule has 0 fully saturated rings. The van der Waals surface area contributed by atoms with E-state index in [9.17, 15) is 9.59 Å². The molecule has 0 unspecified atom stereocenters. The number of halogens is 3. The van der Waals surface area contributed by atoms with E-state index >= 15 is 0 Å². The minimum atomic E-state index is -0.524. The first-order chi connectivity index (χ1) is 18.8. The topological polar surface area (TPSA) is 68.3 Å². The summed E-state index contributed by atoms with van der Waals surface area (Å²) in [4.78, 5) is 31.8. The second-order valence-corrected chi connectivity index (χ2v) is 10.8. The summed E-state index contributed by atoms with van der Waals surface area (Å²) in [6.45, 7) is 3.76. The molecule has 5 rings (SSSR count). The minimum absolute atomic E-state index is 0.196. The Morgan fingerprint density at radius 3 is 2.36 bits per heavy atom. The fraction of sp³-hybridized carbons (Fsp3) is 0.100. The molecule has 1 N–H and O–H groups in total. The van der Waals surface area contributed by atoms with Gasteiger partial charge in [0.2, 0.25) is 0 Å². The van der Waals surface area contributed by atoms with Crippen molar-refractivity contribution in [3.05, 3.63) is 104 Å². The van der Waals surface area contributed by atoms with Crippen LogP contribution in [0.2, 0.25) is 15.1 Å². The molecule has 5 aromatic rings. The lowest BCUT2D eigenvalue weighted by atomic mass is 9.97. The Morgan fingerprint density at radius 1 is 0.923 bits per heavy atom. The quantitative estimate of drug-likeness (QED) is 0.199. The third-order valence-corrected chi connectivity index (χ3v) is 7.90. The number of pyridine rings is 1. The van der Waals surface area contributed by atoms with Crippen LogP contribution >= 0.6 is 46.1 Å². The number of nitrogens with one attached hydrogen (secondary N) is 1. The fourth-order valence-electron chi connectivity index (χ4n) is 4.41. The summed E-state index contributed by atoms with van der Waals surface area (Å²) < 4.78 is 5.35. The van der Waals surface area contributed by atoms with Gasteiger partial charge in [0.25, 0.3) is 5.91 Å². The second kappa shape index (κ2) is 11.4. The van der Waals surface area contributed by atoms with Gasteiger partial charge < -0.3 is 10.1 Å². The molecular formula is C30H21Cl3N2O3S. The number of anilines is 1. The minimum Gasteiger partial charge on any atom is -0.462 e. The zero-order valence-corrected chi connectivity index (χ0v) is 23.9. The van der Waals surface area contributed by atoms with Crippen molar-refractivity contribution >= 4 is 73.9 Å². The lowest BCUT2D eigenvalue weighted by Crippen LogP contribution is -2.17. The Balaban J connectivity index is 1.63. The van der Waals surface area contributed by atoms with E-state index in [-0.39, 0.29) is 18.1 Å². The number of rotatable bonds is 6. The highest BCUT2D eigenvalue weighted by atomic mass is 35.5. The Labute approximate surface area is 244 Å². The highest BCUT2D eigenvalue weighted by Gasteiger charge is 2.26. The standard InChI is InChI=1S/C30H21Cl3N2O3S/c1-3-38-30(37)26-22(17-8-10-18(31)11-9-17)15-39-29(26)35-28(36)25-16(2)27(20-13-12-19(32)14-23(20)33)34-24-7-5-4-6-21(24)25/h4-15H,3H2,1-2H3,(H,35,36). The lowest BCUT2D eigenvalue weighted by molar-refractivity contribution is 0.0529. The van der Waals surface area contributed by atoms with Crippen molar-refractivity contribution in [1.29, 1.82) is 0 Å². The zero-order valence-electron chi connectivity index (χ0n) is 20.8. The summed E-state index contributed by atoms with van der Waals surface area (Å²) in [6.07, 6.45) is 0. The normalized spacial score (nSPS) is 11.0. The largest absolute Gasteiger partial charge is 0.462 e. The number of hydrogen-bond acceptors (Lipinski definition) is 5. The SMILES string of the molecule is CCOC(=O)c1c(-c2ccc(Cl)cc2)csc1NC(=O)c1c(C)c(-c2ccc(Cl)cc2Cl)nc2ccccc12. The van der Waals surface area contributed by atoms with Crippen molar-refractivity contribution < 1.29 is 14.3 Å². The predicted octanol–water partition coefficient (Wildman–Crippen LogP) is 9.33. The van der Waals surface area contributed by atoms with Gasteiger partial charge in [-0.3, -0.25) is 4.79 Å². The van der Waals surface area contributed by atoms with E-state index in [0.29, 0.717) is 58.9 Å². The van der Waals surface area contributed by atoms with Gasteiger partial charge in [-0.25, -0.2) is 9.78 Å². The average molecular weight is 596 g/mol. The number of hydrogen-bond donors (Lipinski definition) is 1. The van der Waals surface area contributed by atoms with Crippen LogP contribution in [0.4, 0.5) is 5.00 Å². The van der Waals surface area contributed by atoms with E-state index in [1.165, 1.54) is 11.3 Å². The highest BCUT2D eigenvalue weighted by Crippen LogP contribution is 2.39. The first kappa shape index (κ1) is 27.2. The molecule has 0 aliphatic rings. The van der Waals surface area contributed by atoms with Gasteiger partial charge in [-0.2, -0.15) is 0 Å². The molecule has 0 spiro atoms. The molecule has 0 saturated carbocycles. The molecule has 0 atom stereocenters. The van der Waals surface area contributed by atoms with E-state index in [4.69, 9.17) is 44.5 Å². The molecular weight excluding hydrogens is 575 g/mol. The molecule has 0 saturated heterocycles. The predicted molar refractivity (Wildman–Crippen MR) is 161 cm³/mol. The molecule has 196 valence electrons. The Hall–Kier alpha value is -3.42. The number of nitrogens with zero attached hydrogens (tertiary/aromatic N) is 1. The number of thiophene rings is 1. The van der Waals surface area contributed by atoms with Crippen molar-refractivity contribution in [3.63, 3.8) is 0 Å². The number of esters is 1. The summed E-state index contributed by atoms with van der Waals surface area (Å²) in [7, 11) is 0. The van der Waals surface area contributed by atoms with Gasteiger partial charge in [0, 0.05) is 31.9 Å².